The average molecular weight is 484 g/mol. The van der Waals surface area contributed by atoms with E-state index in [1.54, 1.807) is 24.5 Å². The molecule has 0 aliphatic rings. The van der Waals surface area contributed by atoms with Crippen molar-refractivity contribution in [2.75, 3.05) is 13.1 Å². The molecule has 0 radical (unpaired) electrons. The van der Waals surface area contributed by atoms with Gasteiger partial charge in [0.1, 0.15) is 18.2 Å². The Morgan fingerprint density at radius 1 is 1.26 bits per heavy atom. The number of hydrogen-bond acceptors (Lipinski definition) is 4. The van der Waals surface area contributed by atoms with Gasteiger partial charge in [0.15, 0.2) is 11.7 Å². The number of H-pyrrole nitrogens is 1. The van der Waals surface area contributed by atoms with E-state index in [0.717, 1.165) is 12.1 Å². The molecule has 0 amide bonds. The zero-order valence-electron chi connectivity index (χ0n) is 14.9. The van der Waals surface area contributed by atoms with E-state index in [-0.39, 0.29) is 29.8 Å². The van der Waals surface area contributed by atoms with E-state index < -0.39 is 0 Å². The van der Waals surface area contributed by atoms with Crippen molar-refractivity contribution in [3.8, 4) is 11.6 Å². The third kappa shape index (κ3) is 6.35. The van der Waals surface area contributed by atoms with Crippen molar-refractivity contribution in [1.82, 2.24) is 25.8 Å². The highest BCUT2D eigenvalue weighted by Gasteiger charge is 2.08. The Morgan fingerprint density at radius 2 is 2.15 bits per heavy atom. The minimum atomic E-state index is -0.222. The predicted molar refractivity (Wildman–Crippen MR) is 112 cm³/mol. The molecule has 3 aromatic rings. The number of furan rings is 1. The molecule has 0 saturated heterocycles. The minimum Gasteiger partial charge on any atom is -0.461 e. The Balaban J connectivity index is 0.00000261. The summed E-state index contributed by atoms with van der Waals surface area (Å²) in [6, 6.07) is 10.2. The molecule has 0 unspecified atom stereocenters. The van der Waals surface area contributed by atoms with Crippen LogP contribution in [0.5, 0.6) is 0 Å². The highest BCUT2D eigenvalue weighted by atomic mass is 127. The molecule has 144 valence electrons. The maximum absolute atomic E-state index is 13.2. The summed E-state index contributed by atoms with van der Waals surface area (Å²) in [6.07, 6.45) is 2.28. The molecule has 0 atom stereocenters. The lowest BCUT2D eigenvalue weighted by molar-refractivity contribution is 0.577. The van der Waals surface area contributed by atoms with Crippen LogP contribution in [0, 0.1) is 5.82 Å². The van der Waals surface area contributed by atoms with Crippen LogP contribution in [0.4, 0.5) is 4.39 Å². The average Bonchev–Trinajstić information content (AvgIpc) is 3.31. The minimum absolute atomic E-state index is 0. The van der Waals surface area contributed by atoms with Crippen molar-refractivity contribution in [3.05, 3.63) is 59.9 Å². The third-order valence-corrected chi connectivity index (χ3v) is 3.60. The van der Waals surface area contributed by atoms with Crippen molar-refractivity contribution < 1.29 is 8.81 Å². The van der Waals surface area contributed by atoms with Crippen molar-refractivity contribution in [1.29, 1.82) is 0 Å². The van der Waals surface area contributed by atoms with E-state index in [2.05, 4.69) is 30.8 Å². The molecule has 0 spiro atoms. The first-order valence-electron chi connectivity index (χ1n) is 8.46. The standard InChI is InChI=1S/C18H21FN6O.HI/c1-2-20-18(21-9-8-13-5-3-6-14(19)11-13)22-12-16-23-17(25-24-16)15-7-4-10-26-15;/h3-7,10-11H,2,8-9,12H2,1H3,(H2,20,21,22)(H,23,24,25);1H. The number of hydrogen-bond donors (Lipinski definition) is 3. The lowest BCUT2D eigenvalue weighted by Gasteiger charge is -2.11. The molecule has 0 saturated carbocycles. The van der Waals surface area contributed by atoms with Crippen LogP contribution < -0.4 is 10.6 Å². The van der Waals surface area contributed by atoms with Gasteiger partial charge < -0.3 is 15.1 Å². The SMILES string of the molecule is CCNC(=NCc1nc(-c2ccco2)n[nH]1)NCCc1cccc(F)c1.I. The second-order valence-corrected chi connectivity index (χ2v) is 5.58. The third-order valence-electron chi connectivity index (χ3n) is 3.60. The van der Waals surface area contributed by atoms with Gasteiger partial charge >= 0.3 is 0 Å². The smallest absolute Gasteiger partial charge is 0.216 e. The summed E-state index contributed by atoms with van der Waals surface area (Å²) in [4.78, 5) is 8.84. The lowest BCUT2D eigenvalue weighted by atomic mass is 10.1. The molecule has 0 fully saturated rings. The molecule has 3 N–H and O–H groups in total. The Hall–Kier alpha value is -2.43. The van der Waals surface area contributed by atoms with Gasteiger partial charge in [-0.3, -0.25) is 5.10 Å². The number of guanidine groups is 1. The maximum Gasteiger partial charge on any atom is 0.216 e. The Kier molecular flexibility index (Phi) is 8.24. The van der Waals surface area contributed by atoms with Crippen molar-refractivity contribution >= 4 is 29.9 Å². The molecule has 1 aromatic carbocycles. The van der Waals surface area contributed by atoms with Crippen molar-refractivity contribution in [3.63, 3.8) is 0 Å². The topological polar surface area (TPSA) is 91.1 Å². The fourth-order valence-corrected chi connectivity index (χ4v) is 2.40. The summed E-state index contributed by atoms with van der Waals surface area (Å²) < 4.78 is 18.5. The van der Waals surface area contributed by atoms with E-state index >= 15 is 0 Å². The summed E-state index contributed by atoms with van der Waals surface area (Å²) in [5.74, 6) is 2.19. The Labute approximate surface area is 173 Å². The summed E-state index contributed by atoms with van der Waals surface area (Å²) in [7, 11) is 0. The van der Waals surface area contributed by atoms with Crippen LogP contribution in [-0.2, 0) is 13.0 Å². The monoisotopic (exact) mass is 484 g/mol. The second-order valence-electron chi connectivity index (χ2n) is 5.58. The molecule has 0 bridgehead atoms. The van der Waals surface area contributed by atoms with Crippen molar-refractivity contribution in [2.24, 2.45) is 4.99 Å². The number of rotatable bonds is 7. The summed E-state index contributed by atoms with van der Waals surface area (Å²) in [5.41, 5.74) is 0.937. The Morgan fingerprint density at radius 3 is 2.89 bits per heavy atom. The van der Waals surface area contributed by atoms with E-state index in [1.165, 1.54) is 12.1 Å². The Bertz CT molecular complexity index is 849. The van der Waals surface area contributed by atoms with Gasteiger partial charge in [-0.15, -0.1) is 29.1 Å². The van der Waals surface area contributed by atoms with Crippen molar-refractivity contribution in [2.45, 2.75) is 19.9 Å². The molecule has 3 rings (SSSR count). The van der Waals surface area contributed by atoms with Crippen LogP contribution in [0.25, 0.3) is 11.6 Å². The van der Waals surface area contributed by atoms with E-state index in [0.29, 0.717) is 42.9 Å². The summed E-state index contributed by atoms with van der Waals surface area (Å²) in [6.45, 7) is 3.72. The van der Waals surface area contributed by atoms with Gasteiger partial charge in [0.2, 0.25) is 5.82 Å². The largest absolute Gasteiger partial charge is 0.461 e. The number of aromatic nitrogens is 3. The molecule has 7 nitrogen and oxygen atoms in total. The molecule has 2 aromatic heterocycles. The van der Waals surface area contributed by atoms with E-state index in [9.17, 15) is 4.39 Å². The quantitative estimate of drug-likeness (QED) is 0.273. The highest BCUT2D eigenvalue weighted by molar-refractivity contribution is 14.0. The van der Waals surface area contributed by atoms with Crippen LogP contribution in [0.2, 0.25) is 0 Å². The van der Waals surface area contributed by atoms with Crippen LogP contribution in [0.1, 0.15) is 18.3 Å². The number of aromatic amines is 1. The molecule has 27 heavy (non-hydrogen) atoms. The summed E-state index contributed by atoms with van der Waals surface area (Å²) in [5, 5.41) is 13.4. The fourth-order valence-electron chi connectivity index (χ4n) is 2.40. The highest BCUT2D eigenvalue weighted by Crippen LogP contribution is 2.14. The normalized spacial score (nSPS) is 11.1. The van der Waals surface area contributed by atoms with Crippen LogP contribution in [0.3, 0.4) is 0 Å². The first-order valence-corrected chi connectivity index (χ1v) is 8.46. The number of nitrogens with one attached hydrogen (secondary N) is 3. The molecular formula is C18H22FIN6O. The van der Waals surface area contributed by atoms with Crippen LogP contribution >= 0.6 is 24.0 Å². The molecule has 0 aliphatic carbocycles. The second kappa shape index (κ2) is 10.7. The van der Waals surface area contributed by atoms with Gasteiger partial charge in [-0.05, 0) is 43.2 Å². The van der Waals surface area contributed by atoms with E-state index in [4.69, 9.17) is 4.42 Å². The number of nitrogens with zero attached hydrogens (tertiary/aromatic N) is 3. The number of benzene rings is 1. The lowest BCUT2D eigenvalue weighted by Crippen LogP contribution is -2.38. The van der Waals surface area contributed by atoms with Gasteiger partial charge in [-0.2, -0.15) is 0 Å². The summed E-state index contributed by atoms with van der Waals surface area (Å²) >= 11 is 0. The van der Waals surface area contributed by atoms with Gasteiger partial charge in [-0.25, -0.2) is 14.4 Å². The van der Waals surface area contributed by atoms with E-state index in [1.807, 2.05) is 13.0 Å². The molecule has 9 heteroatoms. The zero-order chi connectivity index (χ0) is 18.2. The molecule has 0 aliphatic heterocycles. The van der Waals surface area contributed by atoms with Crippen LogP contribution in [-0.4, -0.2) is 34.2 Å². The van der Waals surface area contributed by atoms with Crippen LogP contribution in [0.15, 0.2) is 52.1 Å². The number of halogens is 2. The fraction of sp³-hybridized carbons (Fsp3) is 0.278. The zero-order valence-corrected chi connectivity index (χ0v) is 17.2. The first kappa shape index (κ1) is 20.9. The first-order chi connectivity index (χ1) is 12.7. The number of aliphatic imine (C=N–C) groups is 1. The van der Waals surface area contributed by atoms with Gasteiger partial charge in [-0.1, -0.05) is 12.1 Å². The van der Waals surface area contributed by atoms with Gasteiger partial charge in [0.05, 0.1) is 6.26 Å². The predicted octanol–water partition coefficient (Wildman–Crippen LogP) is 3.12. The molecule has 2 heterocycles. The van der Waals surface area contributed by atoms with Gasteiger partial charge in [0.25, 0.3) is 0 Å². The van der Waals surface area contributed by atoms with Gasteiger partial charge in [0, 0.05) is 13.1 Å². The molecular weight excluding hydrogens is 462 g/mol. The maximum atomic E-state index is 13.2.